The summed E-state index contributed by atoms with van der Waals surface area (Å²) >= 11 is 0. The molecule has 1 amide bonds. The Morgan fingerprint density at radius 1 is 0.680 bits per heavy atom. The number of phosphoric ester groups is 1. The van der Waals surface area contributed by atoms with Crippen LogP contribution in [0.15, 0.2) is 48.6 Å². The number of carbonyl (C=O) groups excluding carboxylic acids is 1. The molecular weight excluding hydrogens is 647 g/mol. The van der Waals surface area contributed by atoms with Crippen molar-refractivity contribution in [3.8, 4) is 0 Å². The molecule has 9 heteroatoms. The van der Waals surface area contributed by atoms with Crippen LogP contribution in [-0.2, 0) is 18.4 Å². The molecule has 0 bridgehead atoms. The second-order valence-electron chi connectivity index (χ2n) is 14.7. The van der Waals surface area contributed by atoms with Gasteiger partial charge in [-0.15, -0.1) is 0 Å². The Labute approximate surface area is 308 Å². The van der Waals surface area contributed by atoms with Crippen LogP contribution < -0.4 is 5.32 Å². The monoisotopic (exact) mass is 726 g/mol. The lowest BCUT2D eigenvalue weighted by molar-refractivity contribution is -0.870. The SMILES string of the molecule is CCCCC/C=C\C/C=C\C/C=C\CCCCCCCCC(=O)NC(COP(=O)(O)OCC[N+](C)(C)C)C(O)/C=C/CCCCCCCCC. The highest BCUT2D eigenvalue weighted by Crippen LogP contribution is 2.43. The van der Waals surface area contributed by atoms with Crippen molar-refractivity contribution < 1.29 is 32.9 Å². The molecule has 0 aliphatic rings. The number of hydrogen-bond acceptors (Lipinski definition) is 5. The summed E-state index contributed by atoms with van der Waals surface area (Å²) < 4.78 is 23.4. The zero-order valence-electron chi connectivity index (χ0n) is 32.9. The summed E-state index contributed by atoms with van der Waals surface area (Å²) in [5.74, 6) is -0.195. The highest BCUT2D eigenvalue weighted by Gasteiger charge is 2.27. The molecule has 0 heterocycles. The number of likely N-dealkylation sites (N-methyl/N-ethyl adjacent to an activating group) is 1. The van der Waals surface area contributed by atoms with Gasteiger partial charge in [0.25, 0.3) is 0 Å². The van der Waals surface area contributed by atoms with Crippen molar-refractivity contribution in [3.63, 3.8) is 0 Å². The van der Waals surface area contributed by atoms with E-state index in [1.807, 2.05) is 27.2 Å². The van der Waals surface area contributed by atoms with Gasteiger partial charge in [0.15, 0.2) is 0 Å². The molecule has 0 aromatic heterocycles. The van der Waals surface area contributed by atoms with Crippen LogP contribution >= 0.6 is 7.82 Å². The summed E-state index contributed by atoms with van der Waals surface area (Å²) in [6, 6.07) is -0.851. The minimum Gasteiger partial charge on any atom is -0.387 e. The molecule has 0 saturated heterocycles. The minimum absolute atomic E-state index is 0.0566. The molecular formula is C41H78N2O6P+. The summed E-state index contributed by atoms with van der Waals surface area (Å²) in [6.45, 7) is 4.72. The molecule has 50 heavy (non-hydrogen) atoms. The molecule has 0 spiro atoms. The van der Waals surface area contributed by atoms with Crippen LogP contribution in [-0.4, -0.2) is 73.4 Å². The van der Waals surface area contributed by atoms with E-state index in [2.05, 4.69) is 55.6 Å². The number of hydrogen-bond donors (Lipinski definition) is 3. The van der Waals surface area contributed by atoms with E-state index in [0.29, 0.717) is 17.4 Å². The molecule has 0 aliphatic carbocycles. The zero-order chi connectivity index (χ0) is 37.2. The Morgan fingerprint density at radius 2 is 1.14 bits per heavy atom. The average molecular weight is 726 g/mol. The van der Waals surface area contributed by atoms with Gasteiger partial charge in [-0.25, -0.2) is 4.57 Å². The predicted molar refractivity (Wildman–Crippen MR) is 212 cm³/mol. The van der Waals surface area contributed by atoms with Gasteiger partial charge in [-0.1, -0.05) is 140 Å². The molecule has 0 radical (unpaired) electrons. The van der Waals surface area contributed by atoms with Crippen molar-refractivity contribution in [2.24, 2.45) is 0 Å². The third kappa shape index (κ3) is 34.9. The lowest BCUT2D eigenvalue weighted by atomic mass is 10.1. The van der Waals surface area contributed by atoms with Crippen molar-refractivity contribution in [1.29, 1.82) is 0 Å². The zero-order valence-corrected chi connectivity index (χ0v) is 33.8. The number of allylic oxidation sites excluding steroid dienone is 7. The van der Waals surface area contributed by atoms with Crippen molar-refractivity contribution in [3.05, 3.63) is 48.6 Å². The quantitative estimate of drug-likeness (QED) is 0.0260. The van der Waals surface area contributed by atoms with Crippen molar-refractivity contribution >= 4 is 13.7 Å². The van der Waals surface area contributed by atoms with Gasteiger partial charge in [-0.05, 0) is 57.8 Å². The molecule has 0 fully saturated rings. The smallest absolute Gasteiger partial charge is 0.387 e. The van der Waals surface area contributed by atoms with Crippen LogP contribution in [0.5, 0.6) is 0 Å². The van der Waals surface area contributed by atoms with Gasteiger partial charge >= 0.3 is 7.82 Å². The van der Waals surface area contributed by atoms with E-state index in [0.717, 1.165) is 64.2 Å². The van der Waals surface area contributed by atoms with Crippen LogP contribution in [0.2, 0.25) is 0 Å². The maximum atomic E-state index is 12.8. The van der Waals surface area contributed by atoms with Crippen LogP contribution in [0.1, 0.15) is 155 Å². The number of aliphatic hydroxyl groups excluding tert-OH is 1. The first-order valence-corrected chi connectivity index (χ1v) is 21.5. The van der Waals surface area contributed by atoms with Crippen LogP contribution in [0.4, 0.5) is 0 Å². The Bertz CT molecular complexity index is 959. The van der Waals surface area contributed by atoms with E-state index in [1.54, 1.807) is 6.08 Å². The van der Waals surface area contributed by atoms with Crippen molar-refractivity contribution in [2.75, 3.05) is 40.9 Å². The molecule has 0 aromatic rings. The van der Waals surface area contributed by atoms with Gasteiger partial charge in [-0.3, -0.25) is 13.8 Å². The van der Waals surface area contributed by atoms with Gasteiger partial charge in [-0.2, -0.15) is 0 Å². The Morgan fingerprint density at radius 3 is 1.70 bits per heavy atom. The van der Waals surface area contributed by atoms with Gasteiger partial charge in [0, 0.05) is 6.42 Å². The number of nitrogens with zero attached hydrogens (tertiary/aromatic N) is 1. The van der Waals surface area contributed by atoms with E-state index in [9.17, 15) is 19.4 Å². The highest BCUT2D eigenvalue weighted by atomic mass is 31.2. The fourth-order valence-corrected chi connectivity index (χ4v) is 6.02. The molecule has 0 aliphatic heterocycles. The largest absolute Gasteiger partial charge is 0.472 e. The normalized spacial score (nSPS) is 15.1. The number of rotatable bonds is 35. The summed E-state index contributed by atoms with van der Waals surface area (Å²) in [6.07, 6.45) is 40.3. The number of amides is 1. The number of quaternary nitrogens is 1. The van der Waals surface area contributed by atoms with Gasteiger partial charge in [0.2, 0.25) is 5.91 Å². The number of nitrogens with one attached hydrogen (secondary N) is 1. The molecule has 0 aromatic carbocycles. The highest BCUT2D eigenvalue weighted by molar-refractivity contribution is 7.47. The van der Waals surface area contributed by atoms with Crippen LogP contribution in [0.25, 0.3) is 0 Å². The fraction of sp³-hybridized carbons (Fsp3) is 0.780. The maximum absolute atomic E-state index is 12.8. The Kier molecular flexibility index (Phi) is 32.3. The van der Waals surface area contributed by atoms with E-state index in [1.165, 1.54) is 70.6 Å². The standard InChI is InChI=1S/C41H77N2O6P/c1-6-8-10-12-14-16-17-18-19-20-21-22-23-24-25-27-29-31-33-35-41(45)42-39(38-49-50(46,47)48-37-36-43(3,4)5)40(44)34-32-30-28-26-15-13-11-9-7-2/h14,16,18-19,21-22,32,34,39-40,44H,6-13,15,17,20,23-31,33,35-38H2,1-5H3,(H-,42,45,46,47)/p+1/b16-14-,19-18-,22-21-,34-32+. The number of phosphoric acid groups is 1. The summed E-state index contributed by atoms with van der Waals surface area (Å²) in [4.78, 5) is 23.0. The lowest BCUT2D eigenvalue weighted by Gasteiger charge is -2.25. The van der Waals surface area contributed by atoms with E-state index >= 15 is 0 Å². The topological polar surface area (TPSA) is 105 Å². The van der Waals surface area contributed by atoms with Gasteiger partial charge in [0.1, 0.15) is 13.2 Å². The first-order valence-electron chi connectivity index (χ1n) is 20.0. The molecule has 3 unspecified atom stereocenters. The summed E-state index contributed by atoms with van der Waals surface area (Å²) in [7, 11) is 1.55. The molecule has 0 saturated carbocycles. The lowest BCUT2D eigenvalue weighted by Crippen LogP contribution is -2.45. The summed E-state index contributed by atoms with van der Waals surface area (Å²) in [5.41, 5.74) is 0. The molecule has 292 valence electrons. The first kappa shape index (κ1) is 48.5. The number of carbonyl (C=O) groups is 1. The average Bonchev–Trinajstić information content (AvgIpc) is 3.06. The Hall–Kier alpha value is -1.54. The van der Waals surface area contributed by atoms with Crippen molar-refractivity contribution in [2.45, 2.75) is 167 Å². The van der Waals surface area contributed by atoms with Crippen LogP contribution in [0.3, 0.4) is 0 Å². The van der Waals surface area contributed by atoms with E-state index < -0.39 is 20.0 Å². The number of aliphatic hydroxyl groups is 1. The minimum atomic E-state index is -4.33. The van der Waals surface area contributed by atoms with Crippen LogP contribution in [0, 0.1) is 0 Å². The third-order valence-corrected chi connectivity index (χ3v) is 9.53. The fourth-order valence-electron chi connectivity index (χ4n) is 5.28. The second-order valence-corrected chi connectivity index (χ2v) is 16.1. The molecule has 3 atom stereocenters. The van der Waals surface area contributed by atoms with E-state index in [-0.39, 0.29) is 19.1 Å². The molecule has 0 rings (SSSR count). The molecule has 3 N–H and O–H groups in total. The maximum Gasteiger partial charge on any atom is 0.472 e. The van der Waals surface area contributed by atoms with Gasteiger partial charge in [0.05, 0.1) is 39.9 Å². The van der Waals surface area contributed by atoms with E-state index in [4.69, 9.17) is 9.05 Å². The number of unbranched alkanes of at least 4 members (excludes halogenated alkanes) is 16. The predicted octanol–water partition coefficient (Wildman–Crippen LogP) is 10.5. The third-order valence-electron chi connectivity index (χ3n) is 8.54. The van der Waals surface area contributed by atoms with Gasteiger partial charge < -0.3 is 19.8 Å². The summed E-state index contributed by atoms with van der Waals surface area (Å²) in [5, 5.41) is 13.7. The molecule has 8 nitrogen and oxygen atoms in total. The first-order chi connectivity index (χ1) is 24.0. The Balaban J connectivity index is 4.43. The second kappa shape index (κ2) is 33.3. The van der Waals surface area contributed by atoms with Crippen molar-refractivity contribution in [1.82, 2.24) is 5.32 Å².